The van der Waals surface area contributed by atoms with Crippen molar-refractivity contribution in [2.24, 2.45) is 0 Å². The Hall–Kier alpha value is -0.500. The predicted octanol–water partition coefficient (Wildman–Crippen LogP) is 12.1. The van der Waals surface area contributed by atoms with Crippen LogP contribution in [0.3, 0.4) is 0 Å². The van der Waals surface area contributed by atoms with Crippen LogP contribution in [0, 0.1) is 0 Å². The summed E-state index contributed by atoms with van der Waals surface area (Å²) in [5.74, 6) is -1.17. The van der Waals surface area contributed by atoms with Gasteiger partial charge in [-0.2, -0.15) is 0 Å². The Bertz CT molecular complexity index is 604. The molecule has 0 N–H and O–H groups in total. The quantitative estimate of drug-likeness (QED) is 0.0635. The highest BCUT2D eigenvalue weighted by atomic mass is 79.9. The van der Waals surface area contributed by atoms with Gasteiger partial charge in [-0.3, -0.25) is 14.4 Å². The number of carbonyl (C=O) groups excluding carboxylic acids is 3. The summed E-state index contributed by atoms with van der Waals surface area (Å²) in [4.78, 5) is 31.1. The van der Waals surface area contributed by atoms with E-state index in [9.17, 15) is 27.6 Å². The highest BCUT2D eigenvalue weighted by molar-refractivity contribution is 9.10. The summed E-state index contributed by atoms with van der Waals surface area (Å²) in [5.41, 5.74) is 0. The zero-order valence-electron chi connectivity index (χ0n) is 26.9. The van der Waals surface area contributed by atoms with Crippen LogP contribution >= 0.6 is 31.9 Å². The molecule has 0 amide bonds. The minimum absolute atomic E-state index is 0.151. The molecule has 0 radical (unpaired) electrons. The summed E-state index contributed by atoms with van der Waals surface area (Å²) in [5, 5.41) is -1.47. The Morgan fingerprint density at radius 2 is 0.976 bits per heavy atom. The summed E-state index contributed by atoms with van der Waals surface area (Å²) in [6.07, 6.45) is 19.4. The van der Waals surface area contributed by atoms with Gasteiger partial charge in [0.2, 0.25) is 5.08 Å². The molecule has 0 saturated heterocycles. The second kappa shape index (κ2) is 37.5. The molecule has 0 aromatic heterocycles. The number of rotatable bonds is 22. The second-order valence-corrected chi connectivity index (χ2v) is 12.5. The standard InChI is InChI=1S/C11H20BrFO.C11H21FO.C8H16.C3H4BrFO/c1-3-4-5-6-7-10(12)8-11(13)9(2)14;1-3-4-5-6-7-8-9-11(12)10(2)13;1-3-5-7-8-6-4-2;1-2(6)3(4)5/h10-11H,3-8H2,1-2H3;11H,3-9H2,1-2H3;3H,1,4-8H2,2H3;3H,1H3. The van der Waals surface area contributed by atoms with E-state index in [-0.39, 0.29) is 16.4 Å². The number of Topliss-reactive ketones (excluding diaryl/α,β-unsaturated/α-hetero) is 3. The van der Waals surface area contributed by atoms with Gasteiger partial charge in [0.15, 0.2) is 29.7 Å². The largest absolute Gasteiger partial charge is 0.297 e. The van der Waals surface area contributed by atoms with Crippen molar-refractivity contribution in [3.8, 4) is 0 Å². The summed E-state index contributed by atoms with van der Waals surface area (Å²) >= 11 is 5.83. The van der Waals surface area contributed by atoms with Crippen LogP contribution < -0.4 is 0 Å². The lowest BCUT2D eigenvalue weighted by Crippen LogP contribution is -2.16. The lowest BCUT2D eigenvalue weighted by atomic mass is 10.1. The molecule has 0 aliphatic heterocycles. The van der Waals surface area contributed by atoms with Gasteiger partial charge in [-0.05, 0) is 68.8 Å². The fraction of sp³-hybridized carbons (Fsp3) is 0.848. The van der Waals surface area contributed by atoms with Crippen molar-refractivity contribution in [2.75, 3.05) is 0 Å². The smallest absolute Gasteiger partial charge is 0.212 e. The van der Waals surface area contributed by atoms with E-state index in [2.05, 4.69) is 59.2 Å². The van der Waals surface area contributed by atoms with E-state index in [1.807, 2.05) is 6.08 Å². The normalized spacial score (nSPS) is 13.0. The van der Waals surface area contributed by atoms with Gasteiger partial charge in [0.25, 0.3) is 0 Å². The Morgan fingerprint density at radius 1 is 0.610 bits per heavy atom. The topological polar surface area (TPSA) is 51.2 Å². The molecule has 0 aliphatic rings. The predicted molar refractivity (Wildman–Crippen MR) is 179 cm³/mol. The van der Waals surface area contributed by atoms with E-state index < -0.39 is 23.2 Å². The molecule has 0 saturated carbocycles. The molecule has 0 aliphatic carbocycles. The van der Waals surface area contributed by atoms with Gasteiger partial charge >= 0.3 is 0 Å². The Kier molecular flexibility index (Phi) is 43.4. The minimum atomic E-state index is -1.47. The van der Waals surface area contributed by atoms with Crippen LogP contribution in [-0.4, -0.2) is 39.6 Å². The fourth-order valence-electron chi connectivity index (χ4n) is 3.32. The molecule has 4 unspecified atom stereocenters. The van der Waals surface area contributed by atoms with Crippen LogP contribution in [0.15, 0.2) is 12.7 Å². The number of unbranched alkanes of at least 4 members (excludes halogenated alkanes) is 12. The zero-order chi connectivity index (χ0) is 32.5. The molecule has 0 bridgehead atoms. The molecule has 4 atom stereocenters. The minimum Gasteiger partial charge on any atom is -0.297 e. The molecule has 0 rings (SSSR count). The fourth-order valence-corrected chi connectivity index (χ4v) is 3.98. The molecule has 3 nitrogen and oxygen atoms in total. The van der Waals surface area contributed by atoms with Crippen LogP contribution in [0.1, 0.15) is 157 Å². The van der Waals surface area contributed by atoms with Gasteiger partial charge in [0.05, 0.1) is 0 Å². The van der Waals surface area contributed by atoms with Crippen LogP contribution in [0.5, 0.6) is 0 Å². The first-order valence-corrected chi connectivity index (χ1v) is 17.5. The maximum Gasteiger partial charge on any atom is 0.212 e. The van der Waals surface area contributed by atoms with E-state index in [0.717, 1.165) is 25.7 Å². The van der Waals surface area contributed by atoms with Crippen molar-refractivity contribution in [3.05, 3.63) is 12.7 Å². The average molecular weight is 723 g/mol. The number of hydrogen-bond acceptors (Lipinski definition) is 3. The zero-order valence-corrected chi connectivity index (χ0v) is 30.1. The van der Waals surface area contributed by atoms with Crippen LogP contribution in [0.25, 0.3) is 0 Å². The first-order chi connectivity index (χ1) is 19.3. The summed E-state index contributed by atoms with van der Waals surface area (Å²) in [7, 11) is 0. The lowest BCUT2D eigenvalue weighted by molar-refractivity contribution is -0.122. The first-order valence-electron chi connectivity index (χ1n) is 15.6. The van der Waals surface area contributed by atoms with Crippen molar-refractivity contribution in [1.29, 1.82) is 0 Å². The highest BCUT2D eigenvalue weighted by Crippen LogP contribution is 2.18. The Balaban J connectivity index is -0.000000234. The molecule has 0 fully saturated rings. The van der Waals surface area contributed by atoms with Crippen molar-refractivity contribution < 1.29 is 27.6 Å². The maximum absolute atomic E-state index is 13.0. The summed E-state index contributed by atoms with van der Waals surface area (Å²) in [6, 6.07) is 0. The third kappa shape index (κ3) is 46.7. The molecule has 246 valence electrons. The molecular formula is C33H61Br2F3O3. The molecule has 0 spiro atoms. The van der Waals surface area contributed by atoms with Crippen LogP contribution in [-0.2, 0) is 14.4 Å². The van der Waals surface area contributed by atoms with Gasteiger partial charge in [0.1, 0.15) is 0 Å². The van der Waals surface area contributed by atoms with Gasteiger partial charge in [-0.15, -0.1) is 6.58 Å². The Labute approximate surface area is 267 Å². The number of carbonyl (C=O) groups is 3. The molecule has 0 heterocycles. The Morgan fingerprint density at radius 3 is 1.37 bits per heavy atom. The van der Waals surface area contributed by atoms with Gasteiger partial charge in [0, 0.05) is 4.83 Å². The number of alkyl halides is 5. The van der Waals surface area contributed by atoms with Crippen LogP contribution in [0.2, 0.25) is 0 Å². The van der Waals surface area contributed by atoms with Crippen molar-refractivity contribution in [1.82, 2.24) is 0 Å². The van der Waals surface area contributed by atoms with E-state index in [1.54, 1.807) is 0 Å². The summed E-state index contributed by atoms with van der Waals surface area (Å²) < 4.78 is 37.1. The van der Waals surface area contributed by atoms with Gasteiger partial charge in [-0.1, -0.05) is 126 Å². The maximum atomic E-state index is 13.0. The van der Waals surface area contributed by atoms with E-state index in [1.165, 1.54) is 97.8 Å². The first kappa shape index (κ1) is 47.4. The van der Waals surface area contributed by atoms with Gasteiger partial charge < -0.3 is 0 Å². The third-order valence-electron chi connectivity index (χ3n) is 6.10. The van der Waals surface area contributed by atoms with E-state index in [0.29, 0.717) is 12.8 Å². The molecule has 0 aromatic rings. The number of ketones is 3. The lowest BCUT2D eigenvalue weighted by Gasteiger charge is -2.10. The molecular weight excluding hydrogens is 661 g/mol. The van der Waals surface area contributed by atoms with Gasteiger partial charge in [-0.25, -0.2) is 13.2 Å². The SMILES string of the molecule is C=CCCCCCC.CC(=O)C(F)Br.CCCCCCC(Br)CC(F)C(C)=O.CCCCCCCCC(F)C(C)=O. The van der Waals surface area contributed by atoms with Crippen molar-refractivity contribution in [2.45, 2.75) is 179 Å². The van der Waals surface area contributed by atoms with E-state index in [4.69, 9.17) is 0 Å². The molecule has 0 aromatic carbocycles. The van der Waals surface area contributed by atoms with Crippen LogP contribution in [0.4, 0.5) is 13.2 Å². The summed E-state index contributed by atoms with van der Waals surface area (Å²) in [6.45, 7) is 14.0. The second-order valence-electron chi connectivity index (χ2n) is 10.4. The number of hydrogen-bond donors (Lipinski definition) is 0. The third-order valence-corrected chi connectivity index (χ3v) is 7.57. The molecule has 41 heavy (non-hydrogen) atoms. The van der Waals surface area contributed by atoms with E-state index >= 15 is 0 Å². The molecule has 8 heteroatoms. The highest BCUT2D eigenvalue weighted by Gasteiger charge is 2.16. The average Bonchev–Trinajstić information content (AvgIpc) is 2.92. The monoisotopic (exact) mass is 720 g/mol. The van der Waals surface area contributed by atoms with Crippen molar-refractivity contribution in [3.63, 3.8) is 0 Å². The number of allylic oxidation sites excluding steroid dienone is 1. The van der Waals surface area contributed by atoms with Crippen molar-refractivity contribution >= 4 is 49.2 Å². The number of halogens is 5.